The lowest BCUT2D eigenvalue weighted by molar-refractivity contribution is -0.117. The van der Waals surface area contributed by atoms with Crippen LogP contribution in [0.2, 0.25) is 10.0 Å². The van der Waals surface area contributed by atoms with E-state index in [1.165, 1.54) is 5.56 Å². The first-order chi connectivity index (χ1) is 14.2. The summed E-state index contributed by atoms with van der Waals surface area (Å²) in [4.78, 5) is 19.5. The van der Waals surface area contributed by atoms with Crippen molar-refractivity contribution in [3.8, 4) is 0 Å². The number of likely N-dealkylation sites (N-methyl/N-ethyl adjacent to an activating group) is 1. The smallest absolute Gasteiger partial charge is 0.251 e. The number of carbonyl (C=O) groups excluding carboxylic acids is 1. The number of hydrogen-bond acceptors (Lipinski definition) is 3. The van der Waals surface area contributed by atoms with Gasteiger partial charge < -0.3 is 10.2 Å². The number of hydrogen-bond donors (Lipinski definition) is 1. The molecule has 1 N–H and O–H groups in total. The Kier molecular flexibility index (Phi) is 6.69. The molecule has 3 aromatic rings. The predicted octanol–water partition coefficient (Wildman–Crippen LogP) is 6.50. The van der Waals surface area contributed by atoms with Gasteiger partial charge in [-0.2, -0.15) is 0 Å². The summed E-state index contributed by atoms with van der Waals surface area (Å²) in [6.07, 6.45) is 3.37. The monoisotopic (exact) mass is 441 g/mol. The van der Waals surface area contributed by atoms with Gasteiger partial charge in [0.25, 0.3) is 5.91 Å². The summed E-state index contributed by atoms with van der Waals surface area (Å²) in [5.74, 6) is -0.250. The molecule has 0 bridgehead atoms. The maximum atomic E-state index is 13.4. The van der Waals surface area contributed by atoms with Gasteiger partial charge in [0.05, 0.1) is 15.7 Å². The Labute approximate surface area is 187 Å². The predicted molar refractivity (Wildman–Crippen MR) is 126 cm³/mol. The second-order valence-corrected chi connectivity index (χ2v) is 9.00. The van der Waals surface area contributed by atoms with Crippen molar-refractivity contribution >= 4 is 40.5 Å². The quantitative estimate of drug-likeness (QED) is 0.491. The molecule has 3 rings (SSSR count). The minimum atomic E-state index is -0.619. The van der Waals surface area contributed by atoms with E-state index in [1.807, 2.05) is 36.2 Å². The normalized spacial score (nSPS) is 12.3. The fourth-order valence-electron chi connectivity index (χ4n) is 3.24. The molecule has 2 aromatic carbocycles. The standard InChI is InChI=1S/C24H25Cl2N3O/c1-24(2,3)17-10-12-18(13-11-17)29(4)22(16-7-6-14-27-15-16)23(30)28-21-19(25)8-5-9-20(21)26/h5-15,22H,1-4H3,(H,28,30). The molecule has 1 aromatic heterocycles. The van der Waals surface area contributed by atoms with Gasteiger partial charge in [-0.1, -0.05) is 68.2 Å². The maximum Gasteiger partial charge on any atom is 0.251 e. The molecule has 1 atom stereocenters. The molecule has 1 unspecified atom stereocenters. The van der Waals surface area contributed by atoms with Crippen molar-refractivity contribution in [2.45, 2.75) is 32.2 Å². The third-order valence-corrected chi connectivity index (χ3v) is 5.62. The van der Waals surface area contributed by atoms with Crippen molar-refractivity contribution in [3.05, 3.63) is 88.2 Å². The Balaban J connectivity index is 1.96. The molecule has 0 fully saturated rings. The lowest BCUT2D eigenvalue weighted by atomic mass is 9.87. The zero-order valence-corrected chi connectivity index (χ0v) is 19.0. The van der Waals surface area contributed by atoms with Gasteiger partial charge in [-0.3, -0.25) is 9.78 Å². The van der Waals surface area contributed by atoms with E-state index in [0.717, 1.165) is 11.3 Å². The highest BCUT2D eigenvalue weighted by atomic mass is 35.5. The van der Waals surface area contributed by atoms with E-state index in [1.54, 1.807) is 30.6 Å². The molecule has 30 heavy (non-hydrogen) atoms. The van der Waals surface area contributed by atoms with Gasteiger partial charge in [-0.25, -0.2) is 0 Å². The SMILES string of the molecule is CN(c1ccc(C(C)(C)C)cc1)C(C(=O)Nc1c(Cl)cccc1Cl)c1cccnc1. The van der Waals surface area contributed by atoms with Crippen molar-refractivity contribution < 1.29 is 4.79 Å². The highest BCUT2D eigenvalue weighted by Crippen LogP contribution is 2.33. The molecule has 156 valence electrons. The molecule has 1 amide bonds. The average Bonchev–Trinajstić information content (AvgIpc) is 2.71. The highest BCUT2D eigenvalue weighted by Gasteiger charge is 2.27. The number of halogens is 2. The molecular formula is C24H25Cl2N3O. The first-order valence-electron chi connectivity index (χ1n) is 9.66. The van der Waals surface area contributed by atoms with Gasteiger partial charge in [0.2, 0.25) is 0 Å². The van der Waals surface area contributed by atoms with Crippen LogP contribution >= 0.6 is 23.2 Å². The largest absolute Gasteiger partial charge is 0.359 e. The topological polar surface area (TPSA) is 45.2 Å². The fraction of sp³-hybridized carbons (Fsp3) is 0.250. The fourth-order valence-corrected chi connectivity index (χ4v) is 3.73. The van der Waals surface area contributed by atoms with Crippen molar-refractivity contribution in [2.75, 3.05) is 17.3 Å². The van der Waals surface area contributed by atoms with Gasteiger partial charge in [0.15, 0.2) is 0 Å². The van der Waals surface area contributed by atoms with Gasteiger partial charge >= 0.3 is 0 Å². The zero-order chi connectivity index (χ0) is 21.9. The molecule has 0 aliphatic heterocycles. The number of rotatable bonds is 5. The van der Waals surface area contributed by atoms with Crippen LogP contribution in [0.25, 0.3) is 0 Å². The number of carbonyl (C=O) groups is 1. The summed E-state index contributed by atoms with van der Waals surface area (Å²) in [7, 11) is 1.89. The molecular weight excluding hydrogens is 417 g/mol. The highest BCUT2D eigenvalue weighted by molar-refractivity contribution is 6.39. The number of para-hydroxylation sites is 1. The summed E-state index contributed by atoms with van der Waals surface area (Å²) in [6.45, 7) is 6.51. The minimum Gasteiger partial charge on any atom is -0.359 e. The van der Waals surface area contributed by atoms with Crippen molar-refractivity contribution in [1.29, 1.82) is 0 Å². The number of nitrogens with zero attached hydrogens (tertiary/aromatic N) is 2. The van der Waals surface area contributed by atoms with Crippen LogP contribution < -0.4 is 10.2 Å². The first-order valence-corrected chi connectivity index (χ1v) is 10.4. The Morgan fingerprint density at radius 1 is 1.00 bits per heavy atom. The van der Waals surface area contributed by atoms with Crippen LogP contribution in [-0.2, 0) is 10.2 Å². The number of anilines is 2. The third-order valence-electron chi connectivity index (χ3n) is 4.99. The van der Waals surface area contributed by atoms with Crippen molar-refractivity contribution in [3.63, 3.8) is 0 Å². The van der Waals surface area contributed by atoms with E-state index in [9.17, 15) is 4.79 Å². The zero-order valence-electron chi connectivity index (χ0n) is 17.5. The van der Waals surface area contributed by atoms with E-state index in [2.05, 4.69) is 43.2 Å². The number of benzene rings is 2. The third kappa shape index (κ3) is 4.94. The minimum absolute atomic E-state index is 0.0536. The van der Waals surface area contributed by atoms with Gasteiger partial charge in [0, 0.05) is 30.7 Å². The number of nitrogens with one attached hydrogen (secondary N) is 1. The Morgan fingerprint density at radius 3 is 2.17 bits per heavy atom. The van der Waals surface area contributed by atoms with Crippen molar-refractivity contribution in [1.82, 2.24) is 4.98 Å². The van der Waals surface area contributed by atoms with E-state index in [4.69, 9.17) is 23.2 Å². The Hall–Kier alpha value is -2.56. The molecule has 1 heterocycles. The number of amides is 1. The molecule has 0 radical (unpaired) electrons. The molecule has 0 spiro atoms. The summed E-state index contributed by atoms with van der Waals surface area (Å²) < 4.78 is 0. The second kappa shape index (κ2) is 9.07. The molecule has 0 saturated heterocycles. The molecule has 0 aliphatic rings. The average molecular weight is 442 g/mol. The van der Waals surface area contributed by atoms with Crippen LogP contribution in [0.15, 0.2) is 67.0 Å². The van der Waals surface area contributed by atoms with Gasteiger partial charge in [-0.15, -0.1) is 0 Å². The van der Waals surface area contributed by atoms with Crippen LogP contribution in [0.4, 0.5) is 11.4 Å². The van der Waals surface area contributed by atoms with E-state index in [-0.39, 0.29) is 11.3 Å². The van der Waals surface area contributed by atoms with Crippen molar-refractivity contribution in [2.24, 2.45) is 0 Å². The number of pyridine rings is 1. The van der Waals surface area contributed by atoms with Crippen LogP contribution in [0.1, 0.15) is 37.9 Å². The van der Waals surface area contributed by atoms with Crippen LogP contribution in [0.5, 0.6) is 0 Å². The second-order valence-electron chi connectivity index (χ2n) is 8.18. The molecule has 0 aliphatic carbocycles. The van der Waals surface area contributed by atoms with Gasteiger partial charge in [0.1, 0.15) is 6.04 Å². The van der Waals surface area contributed by atoms with E-state index in [0.29, 0.717) is 15.7 Å². The van der Waals surface area contributed by atoms with E-state index < -0.39 is 6.04 Å². The maximum absolute atomic E-state index is 13.4. The first kappa shape index (κ1) is 22.1. The molecule has 6 heteroatoms. The molecule has 0 saturated carbocycles. The lowest BCUT2D eigenvalue weighted by Crippen LogP contribution is -2.35. The van der Waals surface area contributed by atoms with Crippen LogP contribution in [0, 0.1) is 0 Å². The van der Waals surface area contributed by atoms with Crippen LogP contribution in [-0.4, -0.2) is 17.9 Å². The van der Waals surface area contributed by atoms with Gasteiger partial charge in [-0.05, 0) is 41.3 Å². The summed E-state index contributed by atoms with van der Waals surface area (Å²) >= 11 is 12.5. The molecule has 4 nitrogen and oxygen atoms in total. The Bertz CT molecular complexity index is 995. The Morgan fingerprint density at radius 2 is 1.63 bits per heavy atom. The lowest BCUT2D eigenvalue weighted by Gasteiger charge is -2.30. The van der Waals surface area contributed by atoms with Crippen LogP contribution in [0.3, 0.4) is 0 Å². The summed E-state index contributed by atoms with van der Waals surface area (Å²) in [5.41, 5.74) is 3.36. The summed E-state index contributed by atoms with van der Waals surface area (Å²) in [5, 5.41) is 3.67. The summed E-state index contributed by atoms with van der Waals surface area (Å²) in [6, 6.07) is 16.4. The van der Waals surface area contributed by atoms with E-state index >= 15 is 0 Å². The number of aromatic nitrogens is 1.